The van der Waals surface area contributed by atoms with Crippen LogP contribution in [0, 0.1) is 5.92 Å². The Bertz CT molecular complexity index is 939. The van der Waals surface area contributed by atoms with Crippen molar-refractivity contribution in [2.75, 3.05) is 26.8 Å². The summed E-state index contributed by atoms with van der Waals surface area (Å²) in [6, 6.07) is 10.6. The molecular weight excluding hydrogens is 424 g/mol. The van der Waals surface area contributed by atoms with E-state index >= 15 is 0 Å². The number of esters is 1. The summed E-state index contributed by atoms with van der Waals surface area (Å²) >= 11 is 6.66. The number of rotatable bonds is 10. The van der Waals surface area contributed by atoms with E-state index in [4.69, 9.17) is 26.1 Å². The molecule has 1 aromatic heterocycles. The zero-order valence-electron chi connectivity index (χ0n) is 19.0. The zero-order valence-corrected chi connectivity index (χ0v) is 19.8. The topological polar surface area (TPSA) is 60.5 Å². The molecule has 32 heavy (non-hydrogen) atoms. The third kappa shape index (κ3) is 5.62. The van der Waals surface area contributed by atoms with E-state index in [2.05, 4.69) is 29.6 Å². The first-order valence-electron chi connectivity index (χ1n) is 11.8. The number of hydrogen-bond acceptors (Lipinski definition) is 5. The van der Waals surface area contributed by atoms with Gasteiger partial charge in [0.05, 0.1) is 19.4 Å². The number of nitrogens with one attached hydrogen (secondary N) is 1. The van der Waals surface area contributed by atoms with Gasteiger partial charge in [0.15, 0.2) is 0 Å². The molecule has 1 saturated carbocycles. The normalized spacial score (nSPS) is 19.0. The lowest BCUT2D eigenvalue weighted by molar-refractivity contribution is -0.143. The van der Waals surface area contributed by atoms with E-state index in [-0.39, 0.29) is 11.9 Å². The third-order valence-electron chi connectivity index (χ3n) is 6.59. The average Bonchev–Trinajstić information content (AvgIpc) is 3.51. The maximum atomic E-state index is 11.7. The van der Waals surface area contributed by atoms with Crippen molar-refractivity contribution in [3.63, 3.8) is 0 Å². The number of aromatic nitrogens is 1. The van der Waals surface area contributed by atoms with Gasteiger partial charge in [0, 0.05) is 22.9 Å². The van der Waals surface area contributed by atoms with Crippen molar-refractivity contribution in [1.82, 2.24) is 10.3 Å². The Labute approximate surface area is 195 Å². The van der Waals surface area contributed by atoms with Crippen LogP contribution in [0.25, 0.3) is 0 Å². The molecule has 2 fully saturated rings. The Morgan fingerprint density at radius 1 is 1.25 bits per heavy atom. The zero-order chi connectivity index (χ0) is 22.5. The van der Waals surface area contributed by atoms with Gasteiger partial charge >= 0.3 is 5.97 Å². The molecular formula is C26H33ClN2O3. The second kappa shape index (κ2) is 10.7. The molecule has 4 rings (SSSR count). The summed E-state index contributed by atoms with van der Waals surface area (Å²) in [5, 5.41) is 4.18. The standard InChI is InChI=1S/C26H33ClN2O3/c1-3-32-25(30)11-8-19-6-7-20(15-23(19)27)22(14-17-12-13-28-16-17)24-10-9-21(18-4-5-18)26(29-24)31-2/h6-7,9-10,15,17-18,22,28H,3-5,8,11-14,16H2,1-2H3/t17-,22?/m1/s1. The number of aryl methyl sites for hydroxylation is 1. The van der Waals surface area contributed by atoms with E-state index in [1.807, 2.05) is 13.0 Å². The van der Waals surface area contributed by atoms with Gasteiger partial charge in [0.25, 0.3) is 0 Å². The first-order valence-corrected chi connectivity index (χ1v) is 12.2. The van der Waals surface area contributed by atoms with Crippen LogP contribution < -0.4 is 10.1 Å². The van der Waals surface area contributed by atoms with Gasteiger partial charge in [-0.3, -0.25) is 4.79 Å². The number of pyridine rings is 1. The first-order chi connectivity index (χ1) is 15.6. The fourth-order valence-corrected chi connectivity index (χ4v) is 4.94. The van der Waals surface area contributed by atoms with Crippen LogP contribution in [-0.4, -0.2) is 37.8 Å². The van der Waals surface area contributed by atoms with Gasteiger partial charge in [-0.15, -0.1) is 0 Å². The van der Waals surface area contributed by atoms with Crippen LogP contribution >= 0.6 is 11.6 Å². The number of ether oxygens (including phenoxy) is 2. The number of hydrogen-bond donors (Lipinski definition) is 1. The molecule has 6 heteroatoms. The Morgan fingerprint density at radius 2 is 2.09 bits per heavy atom. The highest BCUT2D eigenvalue weighted by molar-refractivity contribution is 6.31. The smallest absolute Gasteiger partial charge is 0.306 e. The van der Waals surface area contributed by atoms with Gasteiger partial charge in [-0.25, -0.2) is 4.98 Å². The van der Waals surface area contributed by atoms with Gasteiger partial charge in [-0.1, -0.05) is 29.8 Å². The van der Waals surface area contributed by atoms with E-state index in [0.29, 0.717) is 36.3 Å². The molecule has 5 nitrogen and oxygen atoms in total. The molecule has 2 atom stereocenters. The number of carbonyl (C=O) groups excluding carboxylic acids is 1. The number of benzene rings is 1. The van der Waals surface area contributed by atoms with E-state index in [9.17, 15) is 4.79 Å². The fraction of sp³-hybridized carbons (Fsp3) is 0.538. The maximum Gasteiger partial charge on any atom is 0.306 e. The van der Waals surface area contributed by atoms with Crippen LogP contribution in [0.3, 0.4) is 0 Å². The maximum absolute atomic E-state index is 11.7. The summed E-state index contributed by atoms with van der Waals surface area (Å²) < 4.78 is 10.7. The van der Waals surface area contributed by atoms with Crippen LogP contribution in [-0.2, 0) is 16.0 Å². The largest absolute Gasteiger partial charge is 0.481 e. The molecule has 2 heterocycles. The quantitative estimate of drug-likeness (QED) is 0.495. The van der Waals surface area contributed by atoms with Gasteiger partial charge in [-0.05, 0) is 87.2 Å². The third-order valence-corrected chi connectivity index (χ3v) is 6.95. The van der Waals surface area contributed by atoms with E-state index < -0.39 is 0 Å². The number of halogens is 1. The minimum absolute atomic E-state index is 0.152. The van der Waals surface area contributed by atoms with E-state index in [1.165, 1.54) is 24.8 Å². The number of carbonyl (C=O) groups is 1. The summed E-state index contributed by atoms with van der Waals surface area (Å²) in [7, 11) is 1.71. The molecule has 0 spiro atoms. The molecule has 2 aliphatic rings. The summed E-state index contributed by atoms with van der Waals surface area (Å²) in [5.74, 6) is 1.93. The number of methoxy groups -OCH3 is 1. The molecule has 1 unspecified atom stereocenters. The Hall–Kier alpha value is -2.11. The van der Waals surface area contributed by atoms with Crippen LogP contribution in [0.4, 0.5) is 0 Å². The lowest BCUT2D eigenvalue weighted by Crippen LogP contribution is -2.14. The molecule has 1 aromatic carbocycles. The molecule has 1 aliphatic heterocycles. The highest BCUT2D eigenvalue weighted by Gasteiger charge is 2.29. The Morgan fingerprint density at radius 3 is 2.75 bits per heavy atom. The predicted octanol–water partition coefficient (Wildman–Crippen LogP) is 5.25. The highest BCUT2D eigenvalue weighted by atomic mass is 35.5. The molecule has 0 bridgehead atoms. The minimum atomic E-state index is -0.189. The fourth-order valence-electron chi connectivity index (χ4n) is 4.66. The molecule has 1 aliphatic carbocycles. The van der Waals surface area contributed by atoms with Crippen molar-refractivity contribution in [3.05, 3.63) is 57.7 Å². The summed E-state index contributed by atoms with van der Waals surface area (Å²) in [6.07, 6.45) is 5.56. The monoisotopic (exact) mass is 456 g/mol. The molecule has 1 saturated heterocycles. The average molecular weight is 457 g/mol. The van der Waals surface area contributed by atoms with E-state index in [1.54, 1.807) is 7.11 Å². The van der Waals surface area contributed by atoms with Crippen molar-refractivity contribution in [2.45, 2.75) is 57.3 Å². The number of nitrogens with zero attached hydrogens (tertiary/aromatic N) is 1. The van der Waals surface area contributed by atoms with Crippen LogP contribution in [0.5, 0.6) is 5.88 Å². The lowest BCUT2D eigenvalue weighted by atomic mass is 9.85. The Kier molecular flexibility index (Phi) is 7.69. The second-order valence-electron chi connectivity index (χ2n) is 8.91. The molecule has 2 aromatic rings. The van der Waals surface area contributed by atoms with Gasteiger partial charge in [0.1, 0.15) is 0 Å². The van der Waals surface area contributed by atoms with Crippen molar-refractivity contribution < 1.29 is 14.3 Å². The predicted molar refractivity (Wildman–Crippen MR) is 127 cm³/mol. The van der Waals surface area contributed by atoms with Crippen molar-refractivity contribution in [3.8, 4) is 5.88 Å². The van der Waals surface area contributed by atoms with Gasteiger partial charge < -0.3 is 14.8 Å². The highest BCUT2D eigenvalue weighted by Crippen LogP contribution is 2.44. The lowest BCUT2D eigenvalue weighted by Gasteiger charge is -2.22. The SMILES string of the molecule is CCOC(=O)CCc1ccc(C(C[C@H]2CCNC2)c2ccc(C3CC3)c(OC)n2)cc1Cl. The Balaban J connectivity index is 1.59. The minimum Gasteiger partial charge on any atom is -0.481 e. The molecule has 0 radical (unpaired) electrons. The second-order valence-corrected chi connectivity index (χ2v) is 9.32. The van der Waals surface area contributed by atoms with Crippen LogP contribution in [0.15, 0.2) is 30.3 Å². The van der Waals surface area contributed by atoms with Crippen molar-refractivity contribution in [2.24, 2.45) is 5.92 Å². The van der Waals surface area contributed by atoms with Gasteiger partial charge in [-0.2, -0.15) is 0 Å². The summed E-state index contributed by atoms with van der Waals surface area (Å²) in [6.45, 7) is 4.33. The molecule has 0 amide bonds. The first kappa shape index (κ1) is 23.1. The van der Waals surface area contributed by atoms with Crippen LogP contribution in [0.1, 0.15) is 73.2 Å². The van der Waals surface area contributed by atoms with E-state index in [0.717, 1.165) is 42.2 Å². The van der Waals surface area contributed by atoms with Gasteiger partial charge in [0.2, 0.25) is 5.88 Å². The summed E-state index contributed by atoms with van der Waals surface area (Å²) in [5.41, 5.74) is 4.40. The molecule has 172 valence electrons. The molecule has 1 N–H and O–H groups in total. The van der Waals surface area contributed by atoms with Crippen molar-refractivity contribution >= 4 is 17.6 Å². The van der Waals surface area contributed by atoms with Crippen molar-refractivity contribution in [1.29, 1.82) is 0 Å². The summed E-state index contributed by atoms with van der Waals surface area (Å²) in [4.78, 5) is 16.7. The van der Waals surface area contributed by atoms with Crippen LogP contribution in [0.2, 0.25) is 5.02 Å².